The topological polar surface area (TPSA) is 85.5 Å². The summed E-state index contributed by atoms with van der Waals surface area (Å²) in [6.07, 6.45) is -4.57. The standard InChI is InChI=1S/C20H15F4N3O3S/c1-11(28)27(15-4-2-3-12(7-15)20(22,23)24)19-26-14(10-31-19)9-30-18(29)16-6-5-13(21)8-17(16)25/h2-8,10H,9,25H2,1H3. The van der Waals surface area contributed by atoms with Gasteiger partial charge in [-0.15, -0.1) is 11.3 Å². The maximum absolute atomic E-state index is 13.1. The van der Waals surface area contributed by atoms with E-state index >= 15 is 0 Å². The quantitative estimate of drug-likeness (QED) is 0.337. The summed E-state index contributed by atoms with van der Waals surface area (Å²) in [6, 6.07) is 7.53. The summed E-state index contributed by atoms with van der Waals surface area (Å²) in [6.45, 7) is 0.916. The minimum Gasteiger partial charge on any atom is -0.455 e. The molecule has 2 N–H and O–H groups in total. The predicted molar refractivity (Wildman–Crippen MR) is 106 cm³/mol. The average Bonchev–Trinajstić information content (AvgIpc) is 3.14. The SMILES string of the molecule is CC(=O)N(c1cccc(C(F)(F)F)c1)c1nc(COC(=O)c2ccc(F)cc2N)cs1. The van der Waals surface area contributed by atoms with E-state index in [0.717, 1.165) is 40.5 Å². The van der Waals surface area contributed by atoms with Crippen LogP contribution in [0, 0.1) is 5.82 Å². The summed E-state index contributed by atoms with van der Waals surface area (Å²) in [5.41, 5.74) is 4.85. The summed E-state index contributed by atoms with van der Waals surface area (Å²) >= 11 is 0.994. The molecule has 0 fully saturated rings. The number of nitrogen functional groups attached to an aromatic ring is 1. The Bertz CT molecular complexity index is 1130. The van der Waals surface area contributed by atoms with E-state index in [1.165, 1.54) is 30.5 Å². The van der Waals surface area contributed by atoms with Crippen LogP contribution in [0.5, 0.6) is 0 Å². The fourth-order valence-electron chi connectivity index (χ4n) is 2.65. The zero-order chi connectivity index (χ0) is 22.8. The van der Waals surface area contributed by atoms with Gasteiger partial charge in [0, 0.05) is 18.0 Å². The van der Waals surface area contributed by atoms with Gasteiger partial charge < -0.3 is 10.5 Å². The third kappa shape index (κ3) is 5.18. The van der Waals surface area contributed by atoms with Crippen LogP contribution in [-0.2, 0) is 22.3 Å². The lowest BCUT2D eigenvalue weighted by molar-refractivity contribution is -0.137. The van der Waals surface area contributed by atoms with Crippen LogP contribution in [0.2, 0.25) is 0 Å². The van der Waals surface area contributed by atoms with Gasteiger partial charge in [-0.3, -0.25) is 9.69 Å². The van der Waals surface area contributed by atoms with Gasteiger partial charge in [-0.1, -0.05) is 6.07 Å². The van der Waals surface area contributed by atoms with Crippen molar-refractivity contribution in [3.8, 4) is 0 Å². The Morgan fingerprint density at radius 2 is 1.94 bits per heavy atom. The molecule has 1 aromatic heterocycles. The predicted octanol–water partition coefficient (Wildman–Crippen LogP) is 4.92. The summed E-state index contributed by atoms with van der Waals surface area (Å²) < 4.78 is 57.2. The Balaban J connectivity index is 1.78. The molecule has 2 aromatic carbocycles. The lowest BCUT2D eigenvalue weighted by Crippen LogP contribution is -2.23. The van der Waals surface area contributed by atoms with E-state index in [1.807, 2.05) is 0 Å². The summed E-state index contributed by atoms with van der Waals surface area (Å²) in [5.74, 6) is -1.94. The van der Waals surface area contributed by atoms with Gasteiger partial charge >= 0.3 is 12.1 Å². The summed E-state index contributed by atoms with van der Waals surface area (Å²) in [4.78, 5) is 29.5. The molecule has 0 atom stereocenters. The van der Waals surface area contributed by atoms with Crippen LogP contribution in [0.4, 0.5) is 34.1 Å². The first-order chi connectivity index (χ1) is 14.6. The van der Waals surface area contributed by atoms with E-state index < -0.39 is 29.4 Å². The average molecular weight is 453 g/mol. The van der Waals surface area contributed by atoms with Gasteiger partial charge in [-0.05, 0) is 36.4 Å². The van der Waals surface area contributed by atoms with E-state index in [1.54, 1.807) is 0 Å². The molecule has 162 valence electrons. The maximum Gasteiger partial charge on any atom is 0.416 e. The van der Waals surface area contributed by atoms with Crippen molar-refractivity contribution in [1.29, 1.82) is 0 Å². The normalized spacial score (nSPS) is 11.3. The van der Waals surface area contributed by atoms with Crippen LogP contribution in [0.25, 0.3) is 0 Å². The number of alkyl halides is 3. The first-order valence-corrected chi connectivity index (χ1v) is 9.58. The molecule has 1 amide bonds. The van der Waals surface area contributed by atoms with Crippen molar-refractivity contribution in [1.82, 2.24) is 4.98 Å². The highest BCUT2D eigenvalue weighted by Crippen LogP contribution is 2.35. The monoisotopic (exact) mass is 453 g/mol. The zero-order valence-corrected chi connectivity index (χ0v) is 16.8. The van der Waals surface area contributed by atoms with Gasteiger partial charge in [0.05, 0.1) is 22.5 Å². The number of aromatic nitrogens is 1. The Morgan fingerprint density at radius 3 is 2.58 bits per heavy atom. The number of benzene rings is 2. The van der Waals surface area contributed by atoms with E-state index in [0.29, 0.717) is 0 Å². The first-order valence-electron chi connectivity index (χ1n) is 8.71. The second kappa shape index (κ2) is 8.72. The lowest BCUT2D eigenvalue weighted by Gasteiger charge is -2.19. The molecule has 1 heterocycles. The maximum atomic E-state index is 13.1. The number of rotatable bonds is 5. The number of nitrogens with two attached hydrogens (primary N) is 1. The molecule has 11 heteroatoms. The van der Waals surface area contributed by atoms with Gasteiger partial charge in [0.25, 0.3) is 0 Å². The summed E-state index contributed by atoms with van der Waals surface area (Å²) in [5, 5.41) is 1.61. The van der Waals surface area contributed by atoms with Crippen molar-refractivity contribution in [2.45, 2.75) is 19.7 Å². The fourth-order valence-corrected chi connectivity index (χ4v) is 3.52. The highest BCUT2D eigenvalue weighted by atomic mass is 32.1. The minimum atomic E-state index is -4.57. The molecule has 31 heavy (non-hydrogen) atoms. The van der Waals surface area contributed by atoms with Crippen molar-refractivity contribution in [3.63, 3.8) is 0 Å². The van der Waals surface area contributed by atoms with Gasteiger partial charge in [0.15, 0.2) is 5.13 Å². The number of hydrogen-bond acceptors (Lipinski definition) is 6. The highest BCUT2D eigenvalue weighted by Gasteiger charge is 2.31. The third-order valence-electron chi connectivity index (χ3n) is 4.06. The van der Waals surface area contributed by atoms with E-state index in [4.69, 9.17) is 10.5 Å². The number of carbonyl (C=O) groups is 2. The zero-order valence-electron chi connectivity index (χ0n) is 15.9. The number of anilines is 3. The number of halogens is 4. The fraction of sp³-hybridized carbons (Fsp3) is 0.150. The van der Waals surface area contributed by atoms with Gasteiger partial charge in [0.1, 0.15) is 12.4 Å². The first kappa shape index (κ1) is 22.2. The molecule has 0 aliphatic carbocycles. The number of amides is 1. The molecule has 0 saturated heterocycles. The second-order valence-corrected chi connectivity index (χ2v) is 7.17. The minimum absolute atomic E-state index is 0.000643. The van der Waals surface area contributed by atoms with Crippen LogP contribution in [0.15, 0.2) is 47.8 Å². The summed E-state index contributed by atoms with van der Waals surface area (Å²) in [7, 11) is 0. The Kier molecular flexibility index (Phi) is 6.25. The van der Waals surface area contributed by atoms with Crippen molar-refractivity contribution in [2.75, 3.05) is 10.6 Å². The molecule has 3 rings (SSSR count). The van der Waals surface area contributed by atoms with E-state index in [-0.39, 0.29) is 34.4 Å². The molecule has 0 spiro atoms. The van der Waals surface area contributed by atoms with Gasteiger partial charge in [-0.2, -0.15) is 13.2 Å². The van der Waals surface area contributed by atoms with Crippen LogP contribution in [-0.4, -0.2) is 16.9 Å². The van der Waals surface area contributed by atoms with Crippen molar-refractivity contribution < 1.29 is 31.9 Å². The molecule has 0 aliphatic rings. The van der Waals surface area contributed by atoms with Crippen molar-refractivity contribution >= 4 is 39.7 Å². The molecule has 0 saturated carbocycles. The van der Waals surface area contributed by atoms with Gasteiger partial charge in [0.2, 0.25) is 5.91 Å². The lowest BCUT2D eigenvalue weighted by atomic mass is 10.2. The van der Waals surface area contributed by atoms with E-state index in [2.05, 4.69) is 4.98 Å². The largest absolute Gasteiger partial charge is 0.455 e. The molecule has 3 aromatic rings. The highest BCUT2D eigenvalue weighted by molar-refractivity contribution is 7.14. The van der Waals surface area contributed by atoms with Gasteiger partial charge in [-0.25, -0.2) is 14.2 Å². The Hall–Kier alpha value is -3.47. The molecular weight excluding hydrogens is 438 g/mol. The Morgan fingerprint density at radius 1 is 1.19 bits per heavy atom. The molecule has 0 radical (unpaired) electrons. The smallest absolute Gasteiger partial charge is 0.416 e. The molecule has 0 bridgehead atoms. The molecular formula is C20H15F4N3O3S. The number of thiazole rings is 1. The number of nitrogens with zero attached hydrogens (tertiary/aromatic N) is 2. The van der Waals surface area contributed by atoms with Crippen molar-refractivity contribution in [3.05, 3.63) is 70.5 Å². The Labute approximate surface area is 177 Å². The molecule has 0 aliphatic heterocycles. The van der Waals surface area contributed by atoms with Crippen LogP contribution >= 0.6 is 11.3 Å². The number of esters is 1. The van der Waals surface area contributed by atoms with Crippen LogP contribution in [0.3, 0.4) is 0 Å². The van der Waals surface area contributed by atoms with Crippen LogP contribution < -0.4 is 10.6 Å². The second-order valence-electron chi connectivity index (χ2n) is 6.33. The molecule has 6 nitrogen and oxygen atoms in total. The van der Waals surface area contributed by atoms with Crippen LogP contribution in [0.1, 0.15) is 28.5 Å². The van der Waals surface area contributed by atoms with E-state index in [9.17, 15) is 27.2 Å². The number of hydrogen-bond donors (Lipinski definition) is 1. The van der Waals surface area contributed by atoms with Crippen molar-refractivity contribution in [2.24, 2.45) is 0 Å². The molecule has 0 unspecified atom stereocenters. The number of carbonyl (C=O) groups excluding carboxylic acids is 2. The number of ether oxygens (including phenoxy) is 1. The third-order valence-corrected chi connectivity index (χ3v) is 4.94.